The van der Waals surface area contributed by atoms with Crippen molar-refractivity contribution in [1.29, 1.82) is 0 Å². The van der Waals surface area contributed by atoms with Gasteiger partial charge < -0.3 is 14.7 Å². The lowest BCUT2D eigenvalue weighted by atomic mass is 9.82. The van der Waals surface area contributed by atoms with E-state index in [-0.39, 0.29) is 11.5 Å². The van der Waals surface area contributed by atoms with Crippen LogP contribution in [0.25, 0.3) is 0 Å². The lowest BCUT2D eigenvalue weighted by molar-refractivity contribution is -0.0956. The Morgan fingerprint density at radius 2 is 2.27 bits per heavy atom. The molecule has 2 saturated heterocycles. The molecule has 3 rings (SSSR count). The molecule has 1 amide bonds. The van der Waals surface area contributed by atoms with Gasteiger partial charge in [0.2, 0.25) is 0 Å². The second-order valence-corrected chi connectivity index (χ2v) is 6.77. The summed E-state index contributed by atoms with van der Waals surface area (Å²) < 4.78 is 5.88. The summed E-state index contributed by atoms with van der Waals surface area (Å²) >= 11 is 0. The molecular formula is C17H24N2O3. The number of aliphatic hydroxyl groups is 1. The van der Waals surface area contributed by atoms with E-state index in [4.69, 9.17) is 4.74 Å². The SMILES string of the molecule is CCCCC1(O)COC2(CN(C(=O)c3cccnc3C)C2)C1. The molecule has 2 fully saturated rings. The van der Waals surface area contributed by atoms with Gasteiger partial charge in [-0.2, -0.15) is 0 Å². The van der Waals surface area contributed by atoms with Gasteiger partial charge in [0.1, 0.15) is 5.60 Å². The Kier molecular flexibility index (Phi) is 3.95. The first-order chi connectivity index (χ1) is 10.5. The van der Waals surface area contributed by atoms with E-state index < -0.39 is 5.60 Å². The van der Waals surface area contributed by atoms with Crippen LogP contribution in [0.3, 0.4) is 0 Å². The van der Waals surface area contributed by atoms with Crippen LogP contribution in [0.1, 0.15) is 48.7 Å². The number of hydrogen-bond donors (Lipinski definition) is 1. The first-order valence-electron chi connectivity index (χ1n) is 8.04. The number of ether oxygens (including phenoxy) is 1. The fraction of sp³-hybridized carbons (Fsp3) is 0.647. The van der Waals surface area contributed by atoms with E-state index in [0.717, 1.165) is 25.0 Å². The molecule has 120 valence electrons. The number of carbonyl (C=O) groups excluding carboxylic acids is 1. The zero-order valence-electron chi connectivity index (χ0n) is 13.3. The summed E-state index contributed by atoms with van der Waals surface area (Å²) in [5, 5.41) is 10.6. The Morgan fingerprint density at radius 1 is 1.50 bits per heavy atom. The van der Waals surface area contributed by atoms with Crippen LogP contribution in [0.5, 0.6) is 0 Å². The third-order valence-electron chi connectivity index (χ3n) is 4.78. The normalized spacial score (nSPS) is 26.2. The minimum atomic E-state index is -0.713. The highest BCUT2D eigenvalue weighted by molar-refractivity contribution is 5.95. The molecule has 22 heavy (non-hydrogen) atoms. The first-order valence-corrected chi connectivity index (χ1v) is 8.04. The van der Waals surface area contributed by atoms with Crippen LogP contribution in [0, 0.1) is 6.92 Å². The Bertz CT molecular complexity index is 569. The predicted molar refractivity (Wildman–Crippen MR) is 82.7 cm³/mol. The van der Waals surface area contributed by atoms with Crippen molar-refractivity contribution in [2.45, 2.75) is 50.7 Å². The highest BCUT2D eigenvalue weighted by Crippen LogP contribution is 2.42. The van der Waals surface area contributed by atoms with Gasteiger partial charge in [0.25, 0.3) is 5.91 Å². The summed E-state index contributed by atoms with van der Waals surface area (Å²) in [4.78, 5) is 18.4. The van der Waals surface area contributed by atoms with Crippen molar-refractivity contribution in [3.8, 4) is 0 Å². The lowest BCUT2D eigenvalue weighted by Gasteiger charge is -2.47. The van der Waals surface area contributed by atoms with Crippen molar-refractivity contribution in [3.63, 3.8) is 0 Å². The molecule has 5 nitrogen and oxygen atoms in total. The van der Waals surface area contributed by atoms with Gasteiger partial charge in [0, 0.05) is 18.3 Å². The summed E-state index contributed by atoms with van der Waals surface area (Å²) in [5.41, 5.74) is 0.348. The number of amides is 1. The van der Waals surface area contributed by atoms with E-state index in [0.29, 0.717) is 31.7 Å². The quantitative estimate of drug-likeness (QED) is 0.923. The van der Waals surface area contributed by atoms with Gasteiger partial charge in [-0.1, -0.05) is 19.8 Å². The molecule has 1 atom stereocenters. The Morgan fingerprint density at radius 3 is 2.95 bits per heavy atom. The largest absolute Gasteiger partial charge is 0.387 e. The Hall–Kier alpha value is -1.46. The molecule has 0 aliphatic carbocycles. The summed E-state index contributed by atoms with van der Waals surface area (Å²) in [6, 6.07) is 3.59. The summed E-state index contributed by atoms with van der Waals surface area (Å²) in [6.45, 7) is 5.48. The molecule has 1 unspecified atom stereocenters. The second-order valence-electron chi connectivity index (χ2n) is 6.77. The molecule has 1 spiro atoms. The molecule has 1 N–H and O–H groups in total. The number of aryl methyl sites for hydroxylation is 1. The predicted octanol–water partition coefficient (Wildman–Crippen LogP) is 1.93. The second kappa shape index (κ2) is 5.63. The maximum Gasteiger partial charge on any atom is 0.255 e. The standard InChI is InChI=1S/C17H24N2O3/c1-3-4-7-16(21)9-17(22-12-16)10-19(11-17)15(20)14-6-5-8-18-13(14)2/h5-6,8,21H,3-4,7,9-12H2,1-2H3. The van der Waals surface area contributed by atoms with Crippen molar-refractivity contribution < 1.29 is 14.6 Å². The summed E-state index contributed by atoms with van der Waals surface area (Å²) in [6.07, 6.45) is 5.18. The maximum absolute atomic E-state index is 12.5. The van der Waals surface area contributed by atoms with E-state index in [1.807, 2.05) is 13.0 Å². The average molecular weight is 304 g/mol. The minimum absolute atomic E-state index is 0.00354. The number of hydrogen-bond acceptors (Lipinski definition) is 4. The van der Waals surface area contributed by atoms with Crippen LogP contribution in [0.15, 0.2) is 18.3 Å². The van der Waals surface area contributed by atoms with Crippen molar-refractivity contribution >= 4 is 5.91 Å². The fourth-order valence-corrected chi connectivity index (χ4v) is 3.53. The number of nitrogens with zero attached hydrogens (tertiary/aromatic N) is 2. The van der Waals surface area contributed by atoms with Gasteiger partial charge >= 0.3 is 0 Å². The smallest absolute Gasteiger partial charge is 0.255 e. The number of likely N-dealkylation sites (tertiary alicyclic amines) is 1. The zero-order chi connectivity index (χ0) is 15.8. The van der Waals surface area contributed by atoms with Crippen molar-refractivity contribution in [1.82, 2.24) is 9.88 Å². The Balaban J connectivity index is 1.60. The molecule has 1 aromatic heterocycles. The van der Waals surface area contributed by atoms with Crippen LogP contribution >= 0.6 is 0 Å². The monoisotopic (exact) mass is 304 g/mol. The van der Waals surface area contributed by atoms with Crippen LogP contribution < -0.4 is 0 Å². The van der Waals surface area contributed by atoms with Gasteiger partial charge in [-0.25, -0.2) is 0 Å². The van der Waals surface area contributed by atoms with Gasteiger partial charge in [-0.15, -0.1) is 0 Å². The number of pyridine rings is 1. The highest BCUT2D eigenvalue weighted by Gasteiger charge is 2.56. The number of unbranched alkanes of at least 4 members (excludes halogenated alkanes) is 1. The van der Waals surface area contributed by atoms with Crippen molar-refractivity contribution in [3.05, 3.63) is 29.6 Å². The average Bonchev–Trinajstić information content (AvgIpc) is 2.82. The Labute approximate surface area is 131 Å². The summed E-state index contributed by atoms with van der Waals surface area (Å²) in [7, 11) is 0. The molecule has 0 bridgehead atoms. The van der Waals surface area contributed by atoms with E-state index in [1.54, 1.807) is 17.2 Å². The maximum atomic E-state index is 12.5. The van der Waals surface area contributed by atoms with E-state index in [2.05, 4.69) is 11.9 Å². The number of rotatable bonds is 4. The zero-order valence-corrected chi connectivity index (χ0v) is 13.3. The molecule has 0 aromatic carbocycles. The van der Waals surface area contributed by atoms with E-state index >= 15 is 0 Å². The molecule has 0 radical (unpaired) electrons. The van der Waals surface area contributed by atoms with Crippen LogP contribution in [-0.2, 0) is 4.74 Å². The molecule has 2 aliphatic rings. The van der Waals surface area contributed by atoms with Crippen LogP contribution in [-0.4, -0.2) is 51.8 Å². The van der Waals surface area contributed by atoms with Crippen LogP contribution in [0.2, 0.25) is 0 Å². The molecule has 3 heterocycles. The lowest BCUT2D eigenvalue weighted by Crippen LogP contribution is -2.63. The number of aromatic nitrogens is 1. The fourth-order valence-electron chi connectivity index (χ4n) is 3.53. The molecule has 1 aromatic rings. The van der Waals surface area contributed by atoms with Gasteiger partial charge in [-0.3, -0.25) is 9.78 Å². The topological polar surface area (TPSA) is 62.7 Å². The third-order valence-corrected chi connectivity index (χ3v) is 4.78. The van der Waals surface area contributed by atoms with Gasteiger partial charge in [0.05, 0.1) is 30.9 Å². The van der Waals surface area contributed by atoms with Crippen molar-refractivity contribution in [2.24, 2.45) is 0 Å². The molecule has 2 aliphatic heterocycles. The molecule has 0 saturated carbocycles. The number of carbonyl (C=O) groups is 1. The van der Waals surface area contributed by atoms with E-state index in [9.17, 15) is 9.90 Å². The van der Waals surface area contributed by atoms with Crippen LogP contribution in [0.4, 0.5) is 0 Å². The highest BCUT2D eigenvalue weighted by atomic mass is 16.5. The molecule has 5 heteroatoms. The molecular weight excluding hydrogens is 280 g/mol. The van der Waals surface area contributed by atoms with Gasteiger partial charge in [0.15, 0.2) is 0 Å². The first kappa shape index (κ1) is 15.4. The van der Waals surface area contributed by atoms with Crippen molar-refractivity contribution in [2.75, 3.05) is 19.7 Å². The van der Waals surface area contributed by atoms with E-state index in [1.165, 1.54) is 0 Å². The third kappa shape index (κ3) is 2.75. The summed E-state index contributed by atoms with van der Waals surface area (Å²) in [5.74, 6) is 0.00354. The van der Waals surface area contributed by atoms with Gasteiger partial charge in [-0.05, 0) is 25.5 Å². The minimum Gasteiger partial charge on any atom is -0.387 e.